The van der Waals surface area contributed by atoms with Crippen LogP contribution in [0.25, 0.3) is 0 Å². The maximum absolute atomic E-state index is 12.3. The molecular formula is C18H19ClN2O3S. The fourth-order valence-corrected chi connectivity index (χ4v) is 3.27. The molecule has 2 aromatic carbocycles. The van der Waals surface area contributed by atoms with Gasteiger partial charge in [0.2, 0.25) is 10.0 Å². The highest BCUT2D eigenvalue weighted by atomic mass is 35.5. The van der Waals surface area contributed by atoms with Crippen molar-refractivity contribution in [1.29, 1.82) is 0 Å². The van der Waals surface area contributed by atoms with E-state index in [4.69, 9.17) is 11.6 Å². The van der Waals surface area contributed by atoms with E-state index in [1.165, 1.54) is 24.3 Å². The van der Waals surface area contributed by atoms with Crippen LogP contribution in [0.1, 0.15) is 15.9 Å². The van der Waals surface area contributed by atoms with E-state index in [0.29, 0.717) is 23.6 Å². The predicted molar refractivity (Wildman–Crippen MR) is 99.3 cm³/mol. The summed E-state index contributed by atoms with van der Waals surface area (Å²) in [5, 5.41) is 3.27. The Morgan fingerprint density at radius 1 is 1.08 bits per heavy atom. The lowest BCUT2D eigenvalue weighted by Gasteiger charge is -2.08. The number of hydrogen-bond donors (Lipinski definition) is 2. The van der Waals surface area contributed by atoms with Crippen molar-refractivity contribution >= 4 is 27.5 Å². The summed E-state index contributed by atoms with van der Waals surface area (Å²) in [5.41, 5.74) is 1.38. The standard InChI is InChI=1S/C18H19ClN2O3S/c1-2-12-20-18(22)15-5-9-17(10-6-15)25(23,24)21-13-11-14-3-7-16(19)8-4-14/h2-10,21H,1,11-13H2,(H,20,22). The van der Waals surface area contributed by atoms with E-state index in [2.05, 4.69) is 16.6 Å². The van der Waals surface area contributed by atoms with Crippen molar-refractivity contribution in [3.63, 3.8) is 0 Å². The maximum atomic E-state index is 12.3. The third kappa shape index (κ3) is 5.70. The minimum Gasteiger partial charge on any atom is -0.349 e. The number of nitrogens with one attached hydrogen (secondary N) is 2. The molecule has 0 bridgehead atoms. The number of carbonyl (C=O) groups excluding carboxylic acids is 1. The van der Waals surface area contributed by atoms with Crippen molar-refractivity contribution in [2.24, 2.45) is 0 Å². The summed E-state index contributed by atoms with van der Waals surface area (Å²) in [6.45, 7) is 4.14. The Kier molecular flexibility index (Phi) is 6.75. The molecule has 0 unspecified atom stereocenters. The largest absolute Gasteiger partial charge is 0.349 e. The average molecular weight is 379 g/mol. The van der Waals surface area contributed by atoms with E-state index >= 15 is 0 Å². The van der Waals surface area contributed by atoms with Gasteiger partial charge >= 0.3 is 0 Å². The number of hydrogen-bond acceptors (Lipinski definition) is 3. The van der Waals surface area contributed by atoms with Crippen molar-refractivity contribution in [3.05, 3.63) is 77.3 Å². The third-order valence-corrected chi connectivity index (χ3v) is 5.18. The van der Waals surface area contributed by atoms with E-state index in [-0.39, 0.29) is 17.3 Å². The molecule has 0 saturated heterocycles. The van der Waals surface area contributed by atoms with Gasteiger partial charge in [-0.3, -0.25) is 4.79 Å². The summed E-state index contributed by atoms with van der Waals surface area (Å²) in [6, 6.07) is 13.0. The highest BCUT2D eigenvalue weighted by molar-refractivity contribution is 7.89. The fraction of sp³-hybridized carbons (Fsp3) is 0.167. The fourth-order valence-electron chi connectivity index (χ4n) is 2.12. The average Bonchev–Trinajstić information content (AvgIpc) is 2.61. The summed E-state index contributed by atoms with van der Waals surface area (Å²) in [4.78, 5) is 11.9. The smallest absolute Gasteiger partial charge is 0.251 e. The molecule has 0 saturated carbocycles. The van der Waals surface area contributed by atoms with Gasteiger partial charge in [-0.25, -0.2) is 13.1 Å². The zero-order chi connectivity index (χ0) is 18.3. The van der Waals surface area contributed by atoms with E-state index in [0.717, 1.165) is 5.56 Å². The van der Waals surface area contributed by atoms with Gasteiger partial charge in [0.15, 0.2) is 0 Å². The van der Waals surface area contributed by atoms with Gasteiger partial charge in [-0.05, 0) is 48.4 Å². The molecule has 2 rings (SSSR count). The molecule has 0 fully saturated rings. The van der Waals surface area contributed by atoms with Crippen molar-refractivity contribution in [2.75, 3.05) is 13.1 Å². The van der Waals surface area contributed by atoms with Gasteiger partial charge < -0.3 is 5.32 Å². The maximum Gasteiger partial charge on any atom is 0.251 e. The zero-order valence-electron chi connectivity index (χ0n) is 13.5. The van der Waals surface area contributed by atoms with Gasteiger partial charge in [0.1, 0.15) is 0 Å². The Bertz CT molecular complexity index is 832. The Labute approximate surface area is 152 Å². The number of amides is 1. The van der Waals surface area contributed by atoms with Crippen molar-refractivity contribution < 1.29 is 13.2 Å². The van der Waals surface area contributed by atoms with Crippen LogP contribution in [0.4, 0.5) is 0 Å². The molecule has 2 N–H and O–H groups in total. The van der Waals surface area contributed by atoms with Crippen LogP contribution in [0, 0.1) is 0 Å². The summed E-state index contributed by atoms with van der Waals surface area (Å²) >= 11 is 5.82. The van der Waals surface area contributed by atoms with E-state index in [1.807, 2.05) is 12.1 Å². The molecule has 7 heteroatoms. The van der Waals surface area contributed by atoms with Crippen molar-refractivity contribution in [1.82, 2.24) is 10.0 Å². The first-order valence-corrected chi connectivity index (χ1v) is 9.52. The van der Waals surface area contributed by atoms with Crippen LogP contribution in [-0.4, -0.2) is 27.4 Å². The second-order valence-corrected chi connectivity index (χ2v) is 7.50. The minimum atomic E-state index is -3.62. The number of sulfonamides is 1. The predicted octanol–water partition coefficient (Wildman–Crippen LogP) is 2.78. The van der Waals surface area contributed by atoms with Crippen LogP contribution < -0.4 is 10.0 Å². The highest BCUT2D eigenvalue weighted by Crippen LogP contribution is 2.12. The molecule has 25 heavy (non-hydrogen) atoms. The molecular weight excluding hydrogens is 360 g/mol. The second kappa shape index (κ2) is 8.80. The Hall–Kier alpha value is -2.15. The minimum absolute atomic E-state index is 0.115. The zero-order valence-corrected chi connectivity index (χ0v) is 15.1. The van der Waals surface area contributed by atoms with E-state index in [9.17, 15) is 13.2 Å². The van der Waals surface area contributed by atoms with Crippen molar-refractivity contribution in [2.45, 2.75) is 11.3 Å². The monoisotopic (exact) mass is 378 g/mol. The molecule has 0 atom stereocenters. The molecule has 0 heterocycles. The lowest BCUT2D eigenvalue weighted by molar-refractivity contribution is 0.0958. The normalized spacial score (nSPS) is 11.1. The molecule has 0 spiro atoms. The molecule has 0 aromatic heterocycles. The van der Waals surface area contributed by atoms with Gasteiger partial charge in [-0.15, -0.1) is 6.58 Å². The molecule has 132 valence electrons. The number of carbonyl (C=O) groups is 1. The molecule has 5 nitrogen and oxygen atoms in total. The Balaban J connectivity index is 1.95. The lowest BCUT2D eigenvalue weighted by atomic mass is 10.2. The van der Waals surface area contributed by atoms with Gasteiger partial charge in [-0.1, -0.05) is 29.8 Å². The summed E-state index contributed by atoms with van der Waals surface area (Å²) in [6.07, 6.45) is 2.12. The molecule has 0 aliphatic rings. The first kappa shape index (κ1) is 19.2. The highest BCUT2D eigenvalue weighted by Gasteiger charge is 2.14. The molecule has 0 radical (unpaired) electrons. The van der Waals surface area contributed by atoms with Crippen molar-refractivity contribution in [3.8, 4) is 0 Å². The van der Waals surface area contributed by atoms with Crippen LogP contribution in [0.5, 0.6) is 0 Å². The SMILES string of the molecule is C=CCNC(=O)c1ccc(S(=O)(=O)NCCc2ccc(Cl)cc2)cc1. The van der Waals surface area contributed by atoms with E-state index < -0.39 is 10.0 Å². The molecule has 1 amide bonds. The quantitative estimate of drug-likeness (QED) is 0.693. The summed E-state index contributed by atoms with van der Waals surface area (Å²) < 4.78 is 27.1. The van der Waals surface area contributed by atoms with Crippen LogP contribution >= 0.6 is 11.6 Å². The van der Waals surface area contributed by atoms with Crippen LogP contribution in [0.3, 0.4) is 0 Å². The third-order valence-electron chi connectivity index (χ3n) is 3.45. The number of rotatable bonds is 8. The van der Waals surface area contributed by atoms with Crippen LogP contribution in [0.15, 0.2) is 66.1 Å². The Morgan fingerprint density at radius 2 is 1.72 bits per heavy atom. The van der Waals surface area contributed by atoms with Gasteiger partial charge in [0.25, 0.3) is 5.91 Å². The first-order valence-electron chi connectivity index (χ1n) is 7.65. The first-order chi connectivity index (χ1) is 11.9. The van der Waals surface area contributed by atoms with Gasteiger partial charge in [-0.2, -0.15) is 0 Å². The van der Waals surface area contributed by atoms with Gasteiger partial charge in [0.05, 0.1) is 4.90 Å². The molecule has 0 aliphatic carbocycles. The summed E-state index contributed by atoms with van der Waals surface area (Å²) in [7, 11) is -3.62. The second-order valence-electron chi connectivity index (χ2n) is 5.30. The number of halogens is 1. The lowest BCUT2D eigenvalue weighted by Crippen LogP contribution is -2.26. The van der Waals surface area contributed by atoms with Crippen LogP contribution in [-0.2, 0) is 16.4 Å². The summed E-state index contributed by atoms with van der Waals surface area (Å²) in [5.74, 6) is -0.278. The van der Waals surface area contributed by atoms with E-state index in [1.54, 1.807) is 18.2 Å². The Morgan fingerprint density at radius 3 is 2.32 bits per heavy atom. The molecule has 0 aliphatic heterocycles. The van der Waals surface area contributed by atoms with Crippen LogP contribution in [0.2, 0.25) is 5.02 Å². The van der Waals surface area contributed by atoms with Gasteiger partial charge in [0, 0.05) is 23.7 Å². The molecule has 2 aromatic rings. The number of benzene rings is 2. The topological polar surface area (TPSA) is 75.3 Å².